The van der Waals surface area contributed by atoms with E-state index in [1.165, 1.54) is 11.8 Å². The Morgan fingerprint density at radius 2 is 2.33 bits per heavy atom. The molecule has 0 N–H and O–H groups in total. The van der Waals surface area contributed by atoms with Crippen molar-refractivity contribution >= 4 is 23.5 Å². The number of rotatable bonds is 5. The highest BCUT2D eigenvalue weighted by molar-refractivity contribution is 8.01. The Kier molecular flexibility index (Phi) is 5.92. The maximum Gasteiger partial charge on any atom is 0.317 e. The summed E-state index contributed by atoms with van der Waals surface area (Å²) in [7, 11) is 0. The van der Waals surface area contributed by atoms with Gasteiger partial charge >= 0.3 is 5.97 Å². The Morgan fingerprint density at radius 3 is 2.89 bits per heavy atom. The van der Waals surface area contributed by atoms with Crippen LogP contribution >= 0.6 is 11.8 Å². The molecule has 1 rings (SSSR count). The summed E-state index contributed by atoms with van der Waals surface area (Å²) in [6.07, 6.45) is 7.20. The molecule has 1 aliphatic heterocycles. The van der Waals surface area contributed by atoms with Crippen molar-refractivity contribution in [1.82, 2.24) is 0 Å². The van der Waals surface area contributed by atoms with Crippen LogP contribution in [-0.2, 0) is 14.3 Å². The molecule has 0 aromatic rings. The van der Waals surface area contributed by atoms with E-state index in [1.54, 1.807) is 19.1 Å². The number of carbonyl (C=O) groups is 2. The molecule has 0 aromatic heterocycles. The zero-order valence-corrected chi connectivity index (χ0v) is 11.5. The molecule has 0 aromatic carbocycles. The molecule has 1 fully saturated rings. The van der Waals surface area contributed by atoms with Gasteiger partial charge in [-0.2, -0.15) is 0 Å². The van der Waals surface area contributed by atoms with Crippen molar-refractivity contribution in [3.05, 3.63) is 36.5 Å². The van der Waals surface area contributed by atoms with Crippen molar-refractivity contribution in [2.75, 3.05) is 12.4 Å². The number of hydrogen-bond acceptors (Lipinski definition) is 4. The lowest BCUT2D eigenvalue weighted by atomic mass is 9.99. The van der Waals surface area contributed by atoms with Crippen LogP contribution in [0.25, 0.3) is 0 Å². The van der Waals surface area contributed by atoms with Gasteiger partial charge in [0.25, 0.3) is 0 Å². The van der Waals surface area contributed by atoms with Crippen LogP contribution in [-0.4, -0.2) is 29.4 Å². The second-order valence-corrected chi connectivity index (χ2v) is 4.94. The van der Waals surface area contributed by atoms with Gasteiger partial charge in [0.05, 0.1) is 11.9 Å². The van der Waals surface area contributed by atoms with Gasteiger partial charge in [0, 0.05) is 5.75 Å². The lowest BCUT2D eigenvalue weighted by Gasteiger charge is -2.10. The van der Waals surface area contributed by atoms with Gasteiger partial charge in [-0.1, -0.05) is 30.9 Å². The monoisotopic (exact) mass is 266 g/mol. The maximum atomic E-state index is 12.2. The van der Waals surface area contributed by atoms with Crippen LogP contribution in [0.4, 0.5) is 0 Å². The van der Waals surface area contributed by atoms with Gasteiger partial charge in [0.2, 0.25) is 0 Å². The third-order valence-electron chi connectivity index (χ3n) is 2.66. The van der Waals surface area contributed by atoms with E-state index in [1.807, 2.05) is 19.1 Å². The summed E-state index contributed by atoms with van der Waals surface area (Å²) in [6.45, 7) is 7.54. The second kappa shape index (κ2) is 7.21. The first-order chi connectivity index (χ1) is 8.65. The van der Waals surface area contributed by atoms with Crippen molar-refractivity contribution in [3.63, 3.8) is 0 Å². The van der Waals surface area contributed by atoms with Gasteiger partial charge in [-0.3, -0.25) is 9.59 Å². The molecule has 0 bridgehead atoms. The maximum absolute atomic E-state index is 12.2. The summed E-state index contributed by atoms with van der Waals surface area (Å²) in [4.78, 5) is 23.8. The minimum atomic E-state index is -0.618. The minimum absolute atomic E-state index is 0.0553. The Labute approximate surface area is 112 Å². The molecular formula is C14H18O3S. The fourth-order valence-corrected chi connectivity index (χ4v) is 3.16. The highest BCUT2D eigenvalue weighted by Crippen LogP contribution is 2.34. The van der Waals surface area contributed by atoms with Crippen molar-refractivity contribution in [2.24, 2.45) is 5.92 Å². The molecule has 0 amide bonds. The molecular weight excluding hydrogens is 248 g/mol. The van der Waals surface area contributed by atoms with Gasteiger partial charge in [-0.15, -0.1) is 11.8 Å². The summed E-state index contributed by atoms with van der Waals surface area (Å²) in [5, 5.41) is -0.263. The average Bonchev–Trinajstić information content (AvgIpc) is 2.73. The first-order valence-electron chi connectivity index (χ1n) is 5.93. The van der Waals surface area contributed by atoms with Crippen molar-refractivity contribution < 1.29 is 14.3 Å². The van der Waals surface area contributed by atoms with E-state index in [0.717, 1.165) is 5.57 Å². The van der Waals surface area contributed by atoms with Gasteiger partial charge in [-0.05, 0) is 19.4 Å². The number of thioether (sulfide) groups is 1. The van der Waals surface area contributed by atoms with Crippen molar-refractivity contribution in [2.45, 2.75) is 19.1 Å². The number of esters is 1. The highest BCUT2D eigenvalue weighted by atomic mass is 32.2. The first-order valence-corrected chi connectivity index (χ1v) is 6.97. The van der Waals surface area contributed by atoms with Gasteiger partial charge < -0.3 is 4.74 Å². The number of carbonyl (C=O) groups excluding carboxylic acids is 2. The predicted molar refractivity (Wildman–Crippen MR) is 74.5 cm³/mol. The van der Waals surface area contributed by atoms with E-state index >= 15 is 0 Å². The molecule has 1 heterocycles. The molecule has 4 heteroatoms. The van der Waals surface area contributed by atoms with Crippen molar-refractivity contribution in [3.8, 4) is 0 Å². The summed E-state index contributed by atoms with van der Waals surface area (Å²) in [6, 6.07) is 0. The Morgan fingerprint density at radius 1 is 1.61 bits per heavy atom. The predicted octanol–water partition coefficient (Wildman–Crippen LogP) is 2.54. The number of allylic oxidation sites excluding steroid dienone is 4. The average molecular weight is 266 g/mol. The van der Waals surface area contributed by atoms with E-state index in [0.29, 0.717) is 12.4 Å². The van der Waals surface area contributed by atoms with Crippen LogP contribution in [0.3, 0.4) is 0 Å². The molecule has 0 spiro atoms. The van der Waals surface area contributed by atoms with Crippen LogP contribution in [0, 0.1) is 5.92 Å². The lowest BCUT2D eigenvalue weighted by Crippen LogP contribution is -2.28. The molecule has 0 saturated carbocycles. The van der Waals surface area contributed by atoms with Gasteiger partial charge in [0.1, 0.15) is 5.92 Å². The Hall–Kier alpha value is -1.29. The van der Waals surface area contributed by atoms with Crippen LogP contribution in [0.1, 0.15) is 13.8 Å². The number of ether oxygens (including phenoxy) is 1. The zero-order valence-electron chi connectivity index (χ0n) is 10.7. The zero-order chi connectivity index (χ0) is 13.5. The quantitative estimate of drug-likeness (QED) is 0.436. The molecule has 1 aliphatic rings. The van der Waals surface area contributed by atoms with Crippen molar-refractivity contribution in [1.29, 1.82) is 0 Å². The summed E-state index contributed by atoms with van der Waals surface area (Å²) in [5.41, 5.74) is 0.914. The number of hydrogen-bond donors (Lipinski definition) is 0. The molecule has 2 unspecified atom stereocenters. The molecule has 0 aliphatic carbocycles. The van der Waals surface area contributed by atoms with Crippen LogP contribution in [0.2, 0.25) is 0 Å². The molecule has 1 saturated heterocycles. The van der Waals surface area contributed by atoms with E-state index in [9.17, 15) is 9.59 Å². The minimum Gasteiger partial charge on any atom is -0.465 e. The van der Waals surface area contributed by atoms with E-state index < -0.39 is 11.9 Å². The van der Waals surface area contributed by atoms with Gasteiger partial charge in [0.15, 0.2) is 5.78 Å². The number of Topliss-reactive ketones (excluding diaryl/α,β-unsaturated/α-hetero) is 1. The topological polar surface area (TPSA) is 43.4 Å². The molecule has 18 heavy (non-hydrogen) atoms. The van der Waals surface area contributed by atoms with E-state index in [-0.39, 0.29) is 11.0 Å². The summed E-state index contributed by atoms with van der Waals surface area (Å²) >= 11 is 1.49. The molecule has 0 radical (unpaired) electrons. The molecule has 98 valence electrons. The fraction of sp³-hybridized carbons (Fsp3) is 0.429. The SMILES string of the molecule is C=C/C=C\C(=C/C)C1SCC(C(=O)OCC)C1=O. The van der Waals surface area contributed by atoms with Crippen LogP contribution in [0.15, 0.2) is 36.5 Å². The number of ketones is 1. The third-order valence-corrected chi connectivity index (χ3v) is 4.03. The molecule has 3 nitrogen and oxygen atoms in total. The smallest absolute Gasteiger partial charge is 0.317 e. The molecule has 2 atom stereocenters. The first kappa shape index (κ1) is 14.8. The fourth-order valence-electron chi connectivity index (χ4n) is 1.74. The largest absolute Gasteiger partial charge is 0.465 e. The summed E-state index contributed by atoms with van der Waals surface area (Å²) in [5.74, 6) is -0.574. The van der Waals surface area contributed by atoms with Crippen LogP contribution in [0.5, 0.6) is 0 Å². The summed E-state index contributed by atoms with van der Waals surface area (Å²) < 4.78 is 4.91. The van der Waals surface area contributed by atoms with E-state index in [4.69, 9.17) is 4.74 Å². The normalized spacial score (nSPS) is 24.6. The van der Waals surface area contributed by atoms with E-state index in [2.05, 4.69) is 6.58 Å². The second-order valence-electron chi connectivity index (χ2n) is 3.80. The Balaban J connectivity index is 2.77. The highest BCUT2D eigenvalue weighted by Gasteiger charge is 2.41. The third kappa shape index (κ3) is 3.35. The van der Waals surface area contributed by atoms with Crippen LogP contribution < -0.4 is 0 Å². The Bertz CT molecular complexity index is 396. The standard InChI is InChI=1S/C14H18O3S/c1-4-7-8-10(5-2)13-12(15)11(9-18-13)14(16)17-6-3/h4-5,7-8,11,13H,1,6,9H2,2-3H3/b8-7-,10-5+. The van der Waals surface area contributed by atoms with Gasteiger partial charge in [-0.25, -0.2) is 0 Å². The lowest BCUT2D eigenvalue weighted by molar-refractivity contribution is -0.149.